The number of nitrogens with one attached hydrogen (secondary N) is 3. The summed E-state index contributed by atoms with van der Waals surface area (Å²) in [6.07, 6.45) is 7.83. The molecular weight excluding hydrogens is 559 g/mol. The minimum Gasteiger partial charge on any atom is -0.492 e. The summed E-state index contributed by atoms with van der Waals surface area (Å²) >= 11 is 0. The minimum atomic E-state index is -0.359. The normalized spacial score (nSPS) is 13.6. The van der Waals surface area contributed by atoms with Crippen LogP contribution < -0.4 is 10.1 Å². The molecule has 0 aliphatic carbocycles. The Morgan fingerprint density at radius 3 is 2.82 bits per heavy atom. The number of pyridine rings is 3. The first-order chi connectivity index (χ1) is 21.5. The summed E-state index contributed by atoms with van der Waals surface area (Å²) in [6.45, 7) is 5.32. The molecule has 1 fully saturated rings. The van der Waals surface area contributed by atoms with Gasteiger partial charge in [0.05, 0.1) is 28.8 Å². The molecule has 7 rings (SSSR count). The summed E-state index contributed by atoms with van der Waals surface area (Å²) in [5.41, 5.74) is 7.00. The van der Waals surface area contributed by atoms with Crippen LogP contribution in [-0.2, 0) is 4.79 Å². The molecule has 1 saturated heterocycles. The molecule has 10 nitrogen and oxygen atoms in total. The topological polar surface area (TPSA) is 125 Å². The lowest BCUT2D eigenvalue weighted by Gasteiger charge is -2.15. The number of H-pyrrole nitrogens is 2. The highest BCUT2D eigenvalue weighted by Crippen LogP contribution is 2.35. The van der Waals surface area contributed by atoms with Crippen molar-refractivity contribution in [2.75, 3.05) is 31.6 Å². The maximum absolute atomic E-state index is 14.8. The molecule has 222 valence electrons. The highest BCUT2D eigenvalue weighted by Gasteiger charge is 2.17. The first kappa shape index (κ1) is 27.7. The van der Waals surface area contributed by atoms with E-state index in [0.29, 0.717) is 52.6 Å². The van der Waals surface area contributed by atoms with Crippen LogP contribution in [0.1, 0.15) is 26.2 Å². The number of aromatic amines is 2. The number of ether oxygens (including phenoxy) is 1. The molecule has 0 unspecified atom stereocenters. The molecule has 0 atom stereocenters. The van der Waals surface area contributed by atoms with Crippen molar-refractivity contribution < 1.29 is 13.9 Å². The Balaban J connectivity index is 1.20. The van der Waals surface area contributed by atoms with Crippen LogP contribution in [0.2, 0.25) is 0 Å². The number of halogens is 1. The predicted molar refractivity (Wildman–Crippen MR) is 168 cm³/mol. The van der Waals surface area contributed by atoms with Crippen molar-refractivity contribution >= 4 is 33.7 Å². The molecule has 1 amide bonds. The maximum Gasteiger partial charge on any atom is 0.224 e. The fourth-order valence-corrected chi connectivity index (χ4v) is 5.65. The molecule has 6 heterocycles. The second-order valence-electron chi connectivity index (χ2n) is 10.9. The number of fused-ring (bicyclic) bond motifs is 2. The van der Waals surface area contributed by atoms with E-state index in [9.17, 15) is 9.18 Å². The van der Waals surface area contributed by atoms with Crippen molar-refractivity contribution in [1.29, 1.82) is 0 Å². The SMILES string of the molecule is CCC(=O)Nc1cncc(-c2ccc3[nH]nc(-c4cc5c(-c6cc(F)cc(OCCN7CCCC7)c6)ccnc5[nH]4)c3n2)c1. The third-order valence-electron chi connectivity index (χ3n) is 7.89. The van der Waals surface area contributed by atoms with Gasteiger partial charge in [-0.25, -0.2) is 14.4 Å². The van der Waals surface area contributed by atoms with Crippen LogP contribution >= 0.6 is 0 Å². The summed E-state index contributed by atoms with van der Waals surface area (Å²) in [7, 11) is 0. The number of hydrogen-bond donors (Lipinski definition) is 3. The Hall–Kier alpha value is -5.16. The highest BCUT2D eigenvalue weighted by molar-refractivity contribution is 5.99. The van der Waals surface area contributed by atoms with Crippen LogP contribution in [0.3, 0.4) is 0 Å². The molecule has 44 heavy (non-hydrogen) atoms. The van der Waals surface area contributed by atoms with Crippen LogP contribution in [0.15, 0.2) is 67.1 Å². The van der Waals surface area contributed by atoms with Gasteiger partial charge in [-0.2, -0.15) is 5.10 Å². The number of carbonyl (C=O) groups is 1. The number of hydrogen-bond acceptors (Lipinski definition) is 7. The van der Waals surface area contributed by atoms with E-state index in [1.54, 1.807) is 25.5 Å². The van der Waals surface area contributed by atoms with E-state index in [-0.39, 0.29) is 11.7 Å². The molecule has 1 aromatic carbocycles. The molecule has 1 aliphatic rings. The van der Waals surface area contributed by atoms with Crippen molar-refractivity contribution in [3.05, 3.63) is 72.9 Å². The Kier molecular flexibility index (Phi) is 7.45. The van der Waals surface area contributed by atoms with E-state index in [4.69, 9.17) is 9.72 Å². The van der Waals surface area contributed by atoms with Crippen LogP contribution in [0.4, 0.5) is 10.1 Å². The van der Waals surface area contributed by atoms with Gasteiger partial charge in [0, 0.05) is 42.4 Å². The van der Waals surface area contributed by atoms with E-state index < -0.39 is 0 Å². The molecule has 1 aliphatic heterocycles. The van der Waals surface area contributed by atoms with Gasteiger partial charge in [-0.15, -0.1) is 0 Å². The van der Waals surface area contributed by atoms with Gasteiger partial charge in [0.1, 0.15) is 35.0 Å². The van der Waals surface area contributed by atoms with Gasteiger partial charge >= 0.3 is 0 Å². The third kappa shape index (κ3) is 5.61. The third-order valence-corrected chi connectivity index (χ3v) is 7.89. The Labute approximate surface area is 252 Å². The smallest absolute Gasteiger partial charge is 0.224 e. The zero-order chi connectivity index (χ0) is 30.0. The number of amides is 1. The van der Waals surface area contributed by atoms with Crippen molar-refractivity contribution in [1.82, 2.24) is 35.0 Å². The van der Waals surface area contributed by atoms with Gasteiger partial charge in [-0.05, 0) is 79.5 Å². The van der Waals surface area contributed by atoms with Crippen molar-refractivity contribution in [2.45, 2.75) is 26.2 Å². The number of carbonyl (C=O) groups excluding carboxylic acids is 1. The summed E-state index contributed by atoms with van der Waals surface area (Å²) < 4.78 is 20.7. The zero-order valence-electron chi connectivity index (χ0n) is 24.2. The molecule has 3 N–H and O–H groups in total. The van der Waals surface area contributed by atoms with Gasteiger partial charge in [-0.1, -0.05) is 6.92 Å². The highest BCUT2D eigenvalue weighted by atomic mass is 19.1. The summed E-state index contributed by atoms with van der Waals surface area (Å²) in [4.78, 5) is 31.3. The predicted octanol–water partition coefficient (Wildman–Crippen LogP) is 6.19. The minimum absolute atomic E-state index is 0.0872. The van der Waals surface area contributed by atoms with E-state index in [2.05, 4.69) is 35.4 Å². The summed E-state index contributed by atoms with van der Waals surface area (Å²) in [5, 5.41) is 11.3. The number of rotatable bonds is 9. The number of likely N-dealkylation sites (tertiary alicyclic amines) is 1. The average molecular weight is 591 g/mol. The van der Waals surface area contributed by atoms with Crippen molar-refractivity contribution in [3.8, 4) is 39.5 Å². The van der Waals surface area contributed by atoms with Crippen molar-refractivity contribution in [3.63, 3.8) is 0 Å². The first-order valence-electron chi connectivity index (χ1n) is 14.8. The van der Waals surface area contributed by atoms with Crippen molar-refractivity contribution in [2.24, 2.45) is 0 Å². The molecule has 0 bridgehead atoms. The van der Waals surface area contributed by atoms with E-state index in [1.165, 1.54) is 25.0 Å². The Morgan fingerprint density at radius 2 is 1.95 bits per heavy atom. The number of anilines is 1. The van der Waals surface area contributed by atoms with Crippen LogP contribution in [0, 0.1) is 5.82 Å². The maximum atomic E-state index is 14.8. The van der Waals surface area contributed by atoms with Gasteiger partial charge in [0.25, 0.3) is 0 Å². The van der Waals surface area contributed by atoms with Gasteiger partial charge in [-0.3, -0.25) is 19.8 Å². The Bertz CT molecular complexity index is 1980. The monoisotopic (exact) mass is 590 g/mol. The summed E-state index contributed by atoms with van der Waals surface area (Å²) in [5.74, 6) is 0.0563. The summed E-state index contributed by atoms with van der Waals surface area (Å²) in [6, 6.07) is 14.3. The molecule has 0 spiro atoms. The average Bonchev–Trinajstić information content (AvgIpc) is 3.80. The lowest BCUT2D eigenvalue weighted by Crippen LogP contribution is -2.25. The second-order valence-corrected chi connectivity index (χ2v) is 10.9. The zero-order valence-corrected chi connectivity index (χ0v) is 24.2. The van der Waals surface area contributed by atoms with E-state index in [1.807, 2.05) is 36.4 Å². The molecular formula is C33H31FN8O2. The lowest BCUT2D eigenvalue weighted by atomic mass is 10.0. The molecule has 5 aromatic heterocycles. The fourth-order valence-electron chi connectivity index (χ4n) is 5.65. The largest absolute Gasteiger partial charge is 0.492 e. The fraction of sp³-hybridized carbons (Fsp3) is 0.242. The standard InChI is InChI=1S/C33H31FN8O2/c1-2-30(43)37-23-14-21(18-35-19-23)27-5-6-28-31(38-27)32(41-40-28)29-17-26-25(7-8-36-33(26)39-29)20-13-22(34)16-24(15-20)44-12-11-42-9-3-4-10-42/h5-8,13-19H,2-4,9-12H2,1H3,(H,36,39)(H,37,43)(H,40,41). The second kappa shape index (κ2) is 11.8. The quantitative estimate of drug-likeness (QED) is 0.183. The number of nitrogens with zero attached hydrogens (tertiary/aromatic N) is 5. The lowest BCUT2D eigenvalue weighted by molar-refractivity contribution is -0.115. The number of benzene rings is 1. The van der Waals surface area contributed by atoms with E-state index in [0.717, 1.165) is 47.4 Å². The van der Waals surface area contributed by atoms with Crippen LogP contribution in [0.25, 0.3) is 55.8 Å². The van der Waals surface area contributed by atoms with Crippen LogP contribution in [0.5, 0.6) is 5.75 Å². The first-order valence-corrected chi connectivity index (χ1v) is 14.8. The Morgan fingerprint density at radius 1 is 1.07 bits per heavy atom. The van der Waals surface area contributed by atoms with E-state index >= 15 is 0 Å². The van der Waals surface area contributed by atoms with Crippen LogP contribution in [-0.4, -0.2) is 67.2 Å². The van der Waals surface area contributed by atoms with Gasteiger partial charge < -0.3 is 15.0 Å². The van der Waals surface area contributed by atoms with Gasteiger partial charge in [0.2, 0.25) is 5.91 Å². The number of aromatic nitrogens is 6. The molecule has 0 saturated carbocycles. The molecule has 0 radical (unpaired) electrons. The molecule has 11 heteroatoms. The van der Waals surface area contributed by atoms with Gasteiger partial charge in [0.15, 0.2) is 0 Å². The molecule has 6 aromatic rings.